The van der Waals surface area contributed by atoms with E-state index in [9.17, 15) is 17.6 Å². The van der Waals surface area contributed by atoms with Crippen LogP contribution >= 0.6 is 11.8 Å². The van der Waals surface area contributed by atoms with Crippen molar-refractivity contribution in [2.24, 2.45) is 5.14 Å². The third-order valence-electron chi connectivity index (χ3n) is 3.48. The lowest BCUT2D eigenvalue weighted by Gasteiger charge is -2.24. The molecule has 0 bridgehead atoms. The minimum atomic E-state index is -3.80. The maximum Gasteiger partial charge on any atom is 0.238 e. The van der Waals surface area contributed by atoms with Crippen molar-refractivity contribution in [2.75, 3.05) is 10.7 Å². The summed E-state index contributed by atoms with van der Waals surface area (Å²) in [6.07, 6.45) is 0. The lowest BCUT2D eigenvalue weighted by molar-refractivity contribution is -0.115. The number of nitrogens with zero attached hydrogens (tertiary/aromatic N) is 1. The van der Waals surface area contributed by atoms with E-state index in [2.05, 4.69) is 0 Å². The van der Waals surface area contributed by atoms with Crippen LogP contribution in [0.1, 0.15) is 10.9 Å². The summed E-state index contributed by atoms with van der Waals surface area (Å²) < 4.78 is 36.6. The molecule has 2 aromatic carbocycles. The van der Waals surface area contributed by atoms with Crippen LogP contribution in [0.5, 0.6) is 0 Å². The second kappa shape index (κ2) is 5.95. The lowest BCUT2D eigenvalue weighted by atomic mass is 10.1. The molecular weight excluding hydrogens is 339 g/mol. The highest BCUT2D eigenvalue weighted by Crippen LogP contribution is 2.42. The molecule has 1 unspecified atom stereocenters. The Bertz CT molecular complexity index is 853. The Labute approximate surface area is 137 Å². The van der Waals surface area contributed by atoms with Gasteiger partial charge in [0.25, 0.3) is 0 Å². The van der Waals surface area contributed by atoms with E-state index in [1.54, 1.807) is 18.2 Å². The van der Waals surface area contributed by atoms with E-state index in [-0.39, 0.29) is 22.4 Å². The molecule has 1 amide bonds. The second-order valence-electron chi connectivity index (χ2n) is 4.99. The number of hydrogen-bond acceptors (Lipinski definition) is 4. The maximum absolute atomic E-state index is 14.0. The molecule has 3 rings (SSSR count). The van der Waals surface area contributed by atoms with E-state index in [1.165, 1.54) is 47.0 Å². The molecule has 1 fully saturated rings. The molecule has 0 radical (unpaired) electrons. The van der Waals surface area contributed by atoms with E-state index in [4.69, 9.17) is 5.14 Å². The molecule has 5 nitrogen and oxygen atoms in total. The summed E-state index contributed by atoms with van der Waals surface area (Å²) in [5.41, 5.74) is 0.916. The van der Waals surface area contributed by atoms with Gasteiger partial charge in [-0.2, -0.15) is 0 Å². The van der Waals surface area contributed by atoms with Crippen LogP contribution < -0.4 is 10.0 Å². The van der Waals surface area contributed by atoms with Crippen LogP contribution in [0.25, 0.3) is 0 Å². The number of primary sulfonamides is 1. The number of halogens is 1. The summed E-state index contributed by atoms with van der Waals surface area (Å²) in [5, 5.41) is 4.58. The molecule has 2 aromatic rings. The Kier molecular flexibility index (Phi) is 4.13. The number of carbonyl (C=O) groups is 1. The van der Waals surface area contributed by atoms with Crippen molar-refractivity contribution >= 4 is 33.4 Å². The molecular formula is C15H13FN2O3S2. The van der Waals surface area contributed by atoms with Crippen LogP contribution in [-0.2, 0) is 14.8 Å². The second-order valence-corrected chi connectivity index (χ2v) is 7.62. The molecule has 1 saturated heterocycles. The molecule has 1 aliphatic rings. The number of rotatable bonds is 3. The van der Waals surface area contributed by atoms with Crippen LogP contribution in [0, 0.1) is 5.82 Å². The van der Waals surface area contributed by atoms with Gasteiger partial charge in [-0.1, -0.05) is 18.2 Å². The van der Waals surface area contributed by atoms with Gasteiger partial charge in [0.2, 0.25) is 15.9 Å². The van der Waals surface area contributed by atoms with Crippen LogP contribution in [0.15, 0.2) is 53.4 Å². The SMILES string of the molecule is NS(=O)(=O)c1ccc(N2C(=O)CSC2c2ccccc2F)cc1. The van der Waals surface area contributed by atoms with E-state index in [1.807, 2.05) is 0 Å². The first-order valence-electron chi connectivity index (χ1n) is 6.69. The summed E-state index contributed by atoms with van der Waals surface area (Å²) in [5.74, 6) is -0.312. The van der Waals surface area contributed by atoms with Crippen LogP contribution in [-0.4, -0.2) is 20.1 Å². The highest BCUT2D eigenvalue weighted by Gasteiger charge is 2.35. The van der Waals surface area contributed by atoms with E-state index in [0.717, 1.165) is 0 Å². The van der Waals surface area contributed by atoms with Crippen molar-refractivity contribution in [1.29, 1.82) is 0 Å². The van der Waals surface area contributed by atoms with Gasteiger partial charge >= 0.3 is 0 Å². The fraction of sp³-hybridized carbons (Fsp3) is 0.133. The van der Waals surface area contributed by atoms with Crippen molar-refractivity contribution in [1.82, 2.24) is 0 Å². The summed E-state index contributed by atoms with van der Waals surface area (Å²) in [6, 6.07) is 11.9. The van der Waals surface area contributed by atoms with E-state index < -0.39 is 15.4 Å². The van der Waals surface area contributed by atoms with Gasteiger partial charge in [0.1, 0.15) is 11.2 Å². The van der Waals surface area contributed by atoms with Gasteiger partial charge in [0, 0.05) is 11.3 Å². The number of carbonyl (C=O) groups excluding carboxylic acids is 1. The average Bonchev–Trinajstić information content (AvgIpc) is 2.88. The standard InChI is InChI=1S/C15H13FN2O3S2/c16-13-4-2-1-3-12(13)15-18(14(19)9-22-15)10-5-7-11(8-6-10)23(17,20)21/h1-8,15H,9H2,(H2,17,20,21). The average molecular weight is 352 g/mol. The number of thioether (sulfide) groups is 1. The molecule has 1 heterocycles. The summed E-state index contributed by atoms with van der Waals surface area (Å²) in [4.78, 5) is 13.6. The van der Waals surface area contributed by atoms with E-state index in [0.29, 0.717) is 11.3 Å². The Balaban J connectivity index is 1.99. The molecule has 0 saturated carbocycles. The molecule has 1 aliphatic heterocycles. The fourth-order valence-corrected chi connectivity index (χ4v) is 4.12. The predicted molar refractivity (Wildman–Crippen MR) is 86.9 cm³/mol. The zero-order chi connectivity index (χ0) is 16.6. The van der Waals surface area contributed by atoms with E-state index >= 15 is 0 Å². The van der Waals surface area contributed by atoms with Crippen molar-refractivity contribution in [2.45, 2.75) is 10.3 Å². The molecule has 0 spiro atoms. The Hall–Kier alpha value is -1.90. The van der Waals surface area contributed by atoms with Gasteiger partial charge < -0.3 is 0 Å². The largest absolute Gasteiger partial charge is 0.295 e. The van der Waals surface area contributed by atoms with Gasteiger partial charge in [-0.15, -0.1) is 11.8 Å². The number of amides is 1. The number of anilines is 1. The Morgan fingerprint density at radius 1 is 1.13 bits per heavy atom. The first-order chi connectivity index (χ1) is 10.9. The zero-order valence-corrected chi connectivity index (χ0v) is 13.5. The summed E-state index contributed by atoms with van der Waals surface area (Å²) in [7, 11) is -3.80. The van der Waals surface area contributed by atoms with Gasteiger partial charge in [0.05, 0.1) is 10.6 Å². The summed E-state index contributed by atoms with van der Waals surface area (Å²) in [6.45, 7) is 0. The van der Waals surface area contributed by atoms with Gasteiger partial charge in [0.15, 0.2) is 0 Å². The quantitative estimate of drug-likeness (QED) is 0.919. The van der Waals surface area contributed by atoms with Crippen LogP contribution in [0.4, 0.5) is 10.1 Å². The first kappa shape index (κ1) is 16.0. The number of sulfonamides is 1. The smallest absolute Gasteiger partial charge is 0.238 e. The third kappa shape index (κ3) is 3.10. The van der Waals surface area contributed by atoms with Gasteiger partial charge in [-0.05, 0) is 30.3 Å². The molecule has 23 heavy (non-hydrogen) atoms. The Morgan fingerprint density at radius 3 is 2.39 bits per heavy atom. The molecule has 0 aromatic heterocycles. The molecule has 1 atom stereocenters. The fourth-order valence-electron chi connectivity index (χ4n) is 2.41. The minimum Gasteiger partial charge on any atom is -0.295 e. The normalized spacial score (nSPS) is 18.4. The molecule has 0 aliphatic carbocycles. The van der Waals surface area contributed by atoms with Gasteiger partial charge in [-0.3, -0.25) is 9.69 Å². The predicted octanol–water partition coefficient (Wildman–Crippen LogP) is 2.25. The van der Waals surface area contributed by atoms with Gasteiger partial charge in [-0.25, -0.2) is 17.9 Å². The third-order valence-corrected chi connectivity index (χ3v) is 5.61. The first-order valence-corrected chi connectivity index (χ1v) is 9.28. The molecule has 8 heteroatoms. The monoisotopic (exact) mass is 352 g/mol. The van der Waals surface area contributed by atoms with Crippen molar-refractivity contribution in [3.05, 3.63) is 59.9 Å². The highest BCUT2D eigenvalue weighted by atomic mass is 32.2. The summed E-state index contributed by atoms with van der Waals surface area (Å²) >= 11 is 1.32. The number of nitrogens with two attached hydrogens (primary N) is 1. The lowest BCUT2D eigenvalue weighted by Crippen LogP contribution is -2.28. The van der Waals surface area contributed by atoms with Crippen molar-refractivity contribution < 1.29 is 17.6 Å². The topological polar surface area (TPSA) is 80.5 Å². The van der Waals surface area contributed by atoms with Crippen molar-refractivity contribution in [3.8, 4) is 0 Å². The highest BCUT2D eigenvalue weighted by molar-refractivity contribution is 8.00. The number of hydrogen-bond donors (Lipinski definition) is 1. The maximum atomic E-state index is 14.0. The minimum absolute atomic E-state index is 0.0389. The zero-order valence-electron chi connectivity index (χ0n) is 11.8. The Morgan fingerprint density at radius 2 is 1.78 bits per heavy atom. The van der Waals surface area contributed by atoms with Crippen LogP contribution in [0.3, 0.4) is 0 Å². The molecule has 120 valence electrons. The van der Waals surface area contributed by atoms with Crippen molar-refractivity contribution in [3.63, 3.8) is 0 Å². The molecule has 2 N–H and O–H groups in total. The number of benzene rings is 2. The van der Waals surface area contributed by atoms with Crippen LogP contribution in [0.2, 0.25) is 0 Å².